The normalized spacial score (nSPS) is 22.1. The Balaban J connectivity index is 1.75. The lowest BCUT2D eigenvalue weighted by atomic mass is 9.99. The minimum Gasteiger partial charge on any atom is -0.356 e. The Kier molecular flexibility index (Phi) is 5.20. The molecule has 0 aromatic rings. The Morgan fingerprint density at radius 2 is 2.10 bits per heavy atom. The second-order valence-corrected chi connectivity index (χ2v) is 6.24. The van der Waals surface area contributed by atoms with Crippen molar-refractivity contribution in [3.05, 3.63) is 0 Å². The van der Waals surface area contributed by atoms with E-state index in [1.54, 1.807) is 4.90 Å². The zero-order valence-corrected chi connectivity index (χ0v) is 12.9. The molecule has 0 spiro atoms. The van der Waals surface area contributed by atoms with Gasteiger partial charge in [0.15, 0.2) is 0 Å². The lowest BCUT2D eigenvalue weighted by Gasteiger charge is -2.37. The number of rotatable bonds is 6. The predicted molar refractivity (Wildman–Crippen MR) is 78.3 cm³/mol. The van der Waals surface area contributed by atoms with Crippen LogP contribution in [0.25, 0.3) is 0 Å². The summed E-state index contributed by atoms with van der Waals surface area (Å²) in [5.41, 5.74) is 0. The van der Waals surface area contributed by atoms with Gasteiger partial charge in [-0.2, -0.15) is 0 Å². The van der Waals surface area contributed by atoms with Gasteiger partial charge in [-0.15, -0.1) is 0 Å². The highest BCUT2D eigenvalue weighted by Crippen LogP contribution is 2.28. The van der Waals surface area contributed by atoms with Crippen molar-refractivity contribution in [2.24, 2.45) is 11.8 Å². The third-order valence-corrected chi connectivity index (χ3v) is 4.02. The van der Waals surface area contributed by atoms with Gasteiger partial charge in [-0.3, -0.25) is 14.4 Å². The van der Waals surface area contributed by atoms with Crippen LogP contribution in [0, 0.1) is 11.8 Å². The average Bonchev–Trinajstić information content (AvgIpc) is 3.26. The van der Waals surface area contributed by atoms with Gasteiger partial charge < -0.3 is 15.5 Å². The number of piperazine rings is 1. The molecule has 0 radical (unpaired) electrons. The molecule has 118 valence electrons. The number of hydrogen-bond donors (Lipinski definition) is 2. The molecule has 0 bridgehead atoms. The van der Waals surface area contributed by atoms with E-state index in [4.69, 9.17) is 0 Å². The molecule has 0 aromatic carbocycles. The molecule has 2 N–H and O–H groups in total. The fourth-order valence-electron chi connectivity index (χ4n) is 2.71. The zero-order valence-electron chi connectivity index (χ0n) is 12.9. The Morgan fingerprint density at radius 3 is 2.71 bits per heavy atom. The van der Waals surface area contributed by atoms with E-state index in [2.05, 4.69) is 10.6 Å². The van der Waals surface area contributed by atoms with Gasteiger partial charge in [0.05, 0.1) is 0 Å². The predicted octanol–water partition coefficient (Wildman–Crippen LogP) is 0.276. The summed E-state index contributed by atoms with van der Waals surface area (Å²) in [5, 5.41) is 5.67. The summed E-state index contributed by atoms with van der Waals surface area (Å²) < 4.78 is 0. The molecule has 0 aromatic heterocycles. The van der Waals surface area contributed by atoms with Crippen molar-refractivity contribution in [2.45, 2.75) is 45.6 Å². The van der Waals surface area contributed by atoms with Crippen molar-refractivity contribution in [1.82, 2.24) is 15.5 Å². The molecular formula is C15H25N3O3. The quantitative estimate of drug-likeness (QED) is 0.691. The molecule has 1 aliphatic carbocycles. The first kappa shape index (κ1) is 15.8. The molecule has 6 nitrogen and oxygen atoms in total. The molecule has 3 amide bonds. The lowest BCUT2D eigenvalue weighted by molar-refractivity contribution is -0.145. The minimum absolute atomic E-state index is 0.00391. The van der Waals surface area contributed by atoms with Crippen LogP contribution in [0.15, 0.2) is 0 Å². The van der Waals surface area contributed by atoms with Crippen molar-refractivity contribution in [3.8, 4) is 0 Å². The Morgan fingerprint density at radius 1 is 1.38 bits per heavy atom. The van der Waals surface area contributed by atoms with Crippen LogP contribution in [0.3, 0.4) is 0 Å². The summed E-state index contributed by atoms with van der Waals surface area (Å²) in [4.78, 5) is 37.3. The maximum absolute atomic E-state index is 12.3. The fourth-order valence-corrected chi connectivity index (χ4v) is 2.71. The van der Waals surface area contributed by atoms with Crippen molar-refractivity contribution < 1.29 is 14.4 Å². The van der Waals surface area contributed by atoms with E-state index in [0.717, 1.165) is 12.8 Å². The summed E-state index contributed by atoms with van der Waals surface area (Å²) in [6.45, 7) is 5.53. The van der Waals surface area contributed by atoms with Crippen molar-refractivity contribution in [2.75, 3.05) is 19.6 Å². The van der Waals surface area contributed by atoms with Gasteiger partial charge in [0.25, 0.3) is 0 Å². The van der Waals surface area contributed by atoms with Gasteiger partial charge in [0.2, 0.25) is 17.7 Å². The van der Waals surface area contributed by atoms with Gasteiger partial charge >= 0.3 is 0 Å². The van der Waals surface area contributed by atoms with Crippen LogP contribution in [0.5, 0.6) is 0 Å². The fraction of sp³-hybridized carbons (Fsp3) is 0.800. The highest BCUT2D eigenvalue weighted by molar-refractivity contribution is 5.89. The van der Waals surface area contributed by atoms with Crippen molar-refractivity contribution in [3.63, 3.8) is 0 Å². The van der Waals surface area contributed by atoms with Crippen LogP contribution < -0.4 is 10.6 Å². The monoisotopic (exact) mass is 295 g/mol. The van der Waals surface area contributed by atoms with Crippen LogP contribution in [0.1, 0.15) is 39.5 Å². The number of carbonyl (C=O) groups excluding carboxylic acids is 3. The zero-order chi connectivity index (χ0) is 15.4. The van der Waals surface area contributed by atoms with Crippen LogP contribution in [0.2, 0.25) is 0 Å². The molecule has 2 rings (SSSR count). The first-order valence-electron chi connectivity index (χ1n) is 7.85. The van der Waals surface area contributed by atoms with E-state index < -0.39 is 0 Å². The molecule has 6 heteroatoms. The third-order valence-electron chi connectivity index (χ3n) is 4.02. The van der Waals surface area contributed by atoms with Gasteiger partial charge in [0, 0.05) is 32.0 Å². The van der Waals surface area contributed by atoms with Crippen LogP contribution in [-0.4, -0.2) is 48.3 Å². The number of amides is 3. The summed E-state index contributed by atoms with van der Waals surface area (Å²) in [5.74, 6) is 0.358. The second kappa shape index (κ2) is 6.91. The van der Waals surface area contributed by atoms with Crippen molar-refractivity contribution >= 4 is 17.7 Å². The number of nitrogens with one attached hydrogen (secondary N) is 2. The summed E-state index contributed by atoms with van der Waals surface area (Å²) in [7, 11) is 0. The largest absolute Gasteiger partial charge is 0.356 e. The van der Waals surface area contributed by atoms with Crippen LogP contribution in [-0.2, 0) is 14.4 Å². The molecule has 1 heterocycles. The highest BCUT2D eigenvalue weighted by atomic mass is 16.2. The van der Waals surface area contributed by atoms with E-state index in [9.17, 15) is 14.4 Å². The standard InChI is InChI=1S/C15H25N3O3/c1-10(2)13-15(21)17-8-9-18(13)12(19)4-3-7-16-14(20)11-5-6-11/h10-11,13H,3-9H2,1-2H3,(H,16,20)(H,17,21). The van der Waals surface area contributed by atoms with Gasteiger partial charge in [-0.1, -0.05) is 13.8 Å². The Labute approximate surface area is 125 Å². The van der Waals surface area contributed by atoms with E-state index >= 15 is 0 Å². The number of hydrogen-bond acceptors (Lipinski definition) is 3. The van der Waals surface area contributed by atoms with Gasteiger partial charge in [-0.05, 0) is 25.2 Å². The first-order valence-corrected chi connectivity index (χ1v) is 7.85. The smallest absolute Gasteiger partial charge is 0.243 e. The summed E-state index contributed by atoms with van der Waals surface area (Å²) in [6, 6.07) is -0.368. The lowest BCUT2D eigenvalue weighted by Crippen LogP contribution is -2.59. The molecule has 1 unspecified atom stereocenters. The first-order chi connectivity index (χ1) is 10.0. The highest BCUT2D eigenvalue weighted by Gasteiger charge is 2.34. The van der Waals surface area contributed by atoms with Crippen LogP contribution >= 0.6 is 0 Å². The molecular weight excluding hydrogens is 270 g/mol. The van der Waals surface area contributed by atoms with Crippen LogP contribution in [0.4, 0.5) is 0 Å². The summed E-state index contributed by atoms with van der Waals surface area (Å²) >= 11 is 0. The molecule has 1 atom stereocenters. The van der Waals surface area contributed by atoms with Gasteiger partial charge in [0.1, 0.15) is 6.04 Å². The minimum atomic E-state index is -0.368. The maximum Gasteiger partial charge on any atom is 0.243 e. The molecule has 1 saturated carbocycles. The van der Waals surface area contributed by atoms with E-state index in [1.165, 1.54) is 0 Å². The van der Waals surface area contributed by atoms with E-state index in [-0.39, 0.29) is 35.6 Å². The maximum atomic E-state index is 12.3. The second-order valence-electron chi connectivity index (χ2n) is 6.24. The molecule has 1 saturated heterocycles. The number of nitrogens with zero attached hydrogens (tertiary/aromatic N) is 1. The molecule has 1 aliphatic heterocycles. The summed E-state index contributed by atoms with van der Waals surface area (Å²) in [6.07, 6.45) is 2.98. The van der Waals surface area contributed by atoms with Crippen molar-refractivity contribution in [1.29, 1.82) is 0 Å². The van der Waals surface area contributed by atoms with E-state index in [1.807, 2.05) is 13.8 Å². The van der Waals surface area contributed by atoms with Gasteiger partial charge in [-0.25, -0.2) is 0 Å². The SMILES string of the molecule is CC(C)C1C(=O)NCCN1C(=O)CCCNC(=O)C1CC1. The topological polar surface area (TPSA) is 78.5 Å². The Bertz CT molecular complexity index is 418. The molecule has 2 aliphatic rings. The molecule has 21 heavy (non-hydrogen) atoms. The number of carbonyl (C=O) groups is 3. The third kappa shape index (κ3) is 4.19. The Hall–Kier alpha value is -1.59. The average molecular weight is 295 g/mol. The van der Waals surface area contributed by atoms with E-state index in [0.29, 0.717) is 32.5 Å². The molecule has 2 fully saturated rings.